The lowest BCUT2D eigenvalue weighted by Crippen LogP contribution is -2.44. The largest absolute Gasteiger partial charge is 0.342 e. The van der Waals surface area contributed by atoms with E-state index in [-0.39, 0.29) is 23.9 Å². The van der Waals surface area contributed by atoms with Crippen LogP contribution in [0.2, 0.25) is 5.02 Å². The van der Waals surface area contributed by atoms with Crippen LogP contribution in [-0.2, 0) is 29.1 Å². The van der Waals surface area contributed by atoms with Crippen LogP contribution in [0.15, 0.2) is 77.8 Å². The van der Waals surface area contributed by atoms with Crippen molar-refractivity contribution < 1.29 is 18.8 Å². The number of hydrogen-bond donors (Lipinski definition) is 0. The van der Waals surface area contributed by atoms with Gasteiger partial charge in [0.05, 0.1) is 11.4 Å². The highest BCUT2D eigenvalue weighted by Crippen LogP contribution is 2.35. The molecule has 0 saturated carbocycles. The van der Waals surface area contributed by atoms with Crippen LogP contribution in [0.4, 0.5) is 9.18 Å². The zero-order valence-electron chi connectivity index (χ0n) is 20.8. The molecule has 9 heteroatoms. The van der Waals surface area contributed by atoms with Gasteiger partial charge in [0.15, 0.2) is 0 Å². The Morgan fingerprint density at radius 3 is 2.59 bits per heavy atom. The van der Waals surface area contributed by atoms with Crippen LogP contribution in [0.3, 0.4) is 0 Å². The van der Waals surface area contributed by atoms with E-state index < -0.39 is 17.0 Å². The first-order chi connectivity index (χ1) is 18.9. The van der Waals surface area contributed by atoms with Crippen LogP contribution in [0.5, 0.6) is 0 Å². The predicted octanol–water partition coefficient (Wildman–Crippen LogP) is 6.10. The standard InChI is InChI=1S/C30H23ClFN3O3S/c31-24-9-5-10-25(32)23(24)17-34-16-21(22-8-3-4-11-26(22)34)14-27-29(37)35(30(38)39-27)18-28(36)33-13-12-19-6-1-2-7-20(19)15-33/h1-11,14,16H,12-13,15,17-18H2/b27-14+. The maximum Gasteiger partial charge on any atom is 0.294 e. The molecule has 0 unspecified atom stereocenters. The van der Waals surface area contributed by atoms with E-state index in [1.54, 1.807) is 23.1 Å². The molecule has 3 heterocycles. The Bertz CT molecular complexity index is 1660. The second-order valence-corrected chi connectivity index (χ2v) is 10.9. The average Bonchev–Trinajstić information content (AvgIpc) is 3.42. The highest BCUT2D eigenvalue weighted by atomic mass is 35.5. The topological polar surface area (TPSA) is 62.6 Å². The SMILES string of the molecule is O=C(CN1C(=O)S/C(=C/c2cn(Cc3c(F)cccc3Cl)c3ccccc23)C1=O)N1CCc2ccccc2C1. The molecule has 3 aromatic carbocycles. The Balaban J connectivity index is 1.24. The first kappa shape index (κ1) is 25.4. The number of carbonyl (C=O) groups is 3. The van der Waals surface area contributed by atoms with Crippen molar-refractivity contribution in [3.8, 4) is 0 Å². The second-order valence-electron chi connectivity index (χ2n) is 9.53. The van der Waals surface area contributed by atoms with Gasteiger partial charge in [0.2, 0.25) is 5.91 Å². The number of amides is 3. The van der Waals surface area contributed by atoms with Gasteiger partial charge < -0.3 is 9.47 Å². The third kappa shape index (κ3) is 4.86. The lowest BCUT2D eigenvalue weighted by Gasteiger charge is -2.29. The third-order valence-electron chi connectivity index (χ3n) is 7.15. The fourth-order valence-electron chi connectivity index (χ4n) is 5.10. The normalized spacial score (nSPS) is 16.4. The number of halogens is 2. The van der Waals surface area contributed by atoms with Gasteiger partial charge in [-0.25, -0.2) is 4.39 Å². The number of rotatable bonds is 5. The summed E-state index contributed by atoms with van der Waals surface area (Å²) < 4.78 is 16.4. The smallest absolute Gasteiger partial charge is 0.294 e. The Morgan fingerprint density at radius 2 is 1.77 bits per heavy atom. The molecule has 2 aliphatic rings. The monoisotopic (exact) mass is 559 g/mol. The molecular weight excluding hydrogens is 537 g/mol. The molecule has 0 aliphatic carbocycles. The summed E-state index contributed by atoms with van der Waals surface area (Å²) in [4.78, 5) is 42.0. The molecule has 1 saturated heterocycles. The number of nitrogens with zero attached hydrogens (tertiary/aromatic N) is 3. The molecule has 0 radical (unpaired) electrons. The van der Waals surface area contributed by atoms with Crippen LogP contribution >= 0.6 is 23.4 Å². The molecule has 0 bridgehead atoms. The Labute approximate surface area is 233 Å². The average molecular weight is 560 g/mol. The maximum absolute atomic E-state index is 14.5. The number of fused-ring (bicyclic) bond motifs is 2. The summed E-state index contributed by atoms with van der Waals surface area (Å²) in [5, 5.41) is 0.705. The molecule has 196 valence electrons. The summed E-state index contributed by atoms with van der Waals surface area (Å²) >= 11 is 7.08. The van der Waals surface area contributed by atoms with Crippen LogP contribution in [0.1, 0.15) is 22.3 Å². The molecule has 6 rings (SSSR count). The van der Waals surface area contributed by atoms with E-state index in [1.165, 1.54) is 11.6 Å². The van der Waals surface area contributed by atoms with Crippen LogP contribution in [-0.4, -0.2) is 44.5 Å². The maximum atomic E-state index is 14.5. The lowest BCUT2D eigenvalue weighted by atomic mass is 10.00. The van der Waals surface area contributed by atoms with Crippen molar-refractivity contribution in [3.63, 3.8) is 0 Å². The first-order valence-electron chi connectivity index (χ1n) is 12.5. The molecule has 1 aromatic heterocycles. The number of thioether (sulfide) groups is 1. The zero-order chi connectivity index (χ0) is 27.1. The van der Waals surface area contributed by atoms with Crippen LogP contribution in [0.25, 0.3) is 17.0 Å². The van der Waals surface area contributed by atoms with E-state index in [4.69, 9.17) is 11.6 Å². The summed E-state index contributed by atoms with van der Waals surface area (Å²) in [6.07, 6.45) is 4.22. The van der Waals surface area contributed by atoms with Crippen molar-refractivity contribution in [2.45, 2.75) is 19.5 Å². The van der Waals surface area contributed by atoms with E-state index in [0.717, 1.165) is 39.5 Å². The van der Waals surface area contributed by atoms with E-state index in [0.29, 0.717) is 29.2 Å². The minimum atomic E-state index is -0.496. The summed E-state index contributed by atoms with van der Waals surface area (Å²) in [7, 11) is 0. The number of imide groups is 1. The van der Waals surface area contributed by atoms with Gasteiger partial charge in [-0.05, 0) is 53.6 Å². The molecule has 39 heavy (non-hydrogen) atoms. The van der Waals surface area contributed by atoms with Crippen molar-refractivity contribution in [1.82, 2.24) is 14.4 Å². The van der Waals surface area contributed by atoms with Gasteiger partial charge in [-0.2, -0.15) is 0 Å². The number of carbonyl (C=O) groups excluding carboxylic acids is 3. The first-order valence-corrected chi connectivity index (χ1v) is 13.7. The van der Waals surface area contributed by atoms with Crippen molar-refractivity contribution in [3.05, 3.63) is 111 Å². The highest BCUT2D eigenvalue weighted by Gasteiger charge is 2.37. The molecular formula is C30H23ClFN3O3S. The molecule has 1 fully saturated rings. The molecule has 6 nitrogen and oxygen atoms in total. The van der Waals surface area contributed by atoms with Crippen LogP contribution < -0.4 is 0 Å². The van der Waals surface area contributed by atoms with Crippen molar-refractivity contribution in [2.24, 2.45) is 0 Å². The Morgan fingerprint density at radius 1 is 1.00 bits per heavy atom. The number of hydrogen-bond acceptors (Lipinski definition) is 4. The van der Waals surface area contributed by atoms with Gasteiger partial charge in [0.1, 0.15) is 12.4 Å². The lowest BCUT2D eigenvalue weighted by molar-refractivity contribution is -0.136. The van der Waals surface area contributed by atoms with Gasteiger partial charge in [-0.1, -0.05) is 60.1 Å². The van der Waals surface area contributed by atoms with E-state index in [9.17, 15) is 18.8 Å². The fraction of sp³-hybridized carbons (Fsp3) is 0.167. The molecule has 3 amide bonds. The number of benzene rings is 3. The predicted molar refractivity (Wildman–Crippen MR) is 151 cm³/mol. The molecule has 0 spiro atoms. The van der Waals surface area contributed by atoms with Crippen molar-refractivity contribution in [1.29, 1.82) is 0 Å². The van der Waals surface area contributed by atoms with Gasteiger partial charge in [-0.3, -0.25) is 19.3 Å². The number of aromatic nitrogens is 1. The Kier molecular flexibility index (Phi) is 6.74. The summed E-state index contributed by atoms with van der Waals surface area (Å²) in [6, 6.07) is 20.1. The minimum Gasteiger partial charge on any atom is -0.342 e. The second kappa shape index (κ2) is 10.4. The molecule has 0 atom stereocenters. The minimum absolute atomic E-state index is 0.203. The highest BCUT2D eigenvalue weighted by molar-refractivity contribution is 8.18. The van der Waals surface area contributed by atoms with Gasteiger partial charge in [0, 0.05) is 46.3 Å². The van der Waals surface area contributed by atoms with Crippen molar-refractivity contribution in [2.75, 3.05) is 13.1 Å². The summed E-state index contributed by atoms with van der Waals surface area (Å²) in [5.41, 5.74) is 4.21. The van der Waals surface area contributed by atoms with E-state index >= 15 is 0 Å². The summed E-state index contributed by atoms with van der Waals surface area (Å²) in [6.45, 7) is 0.923. The fourth-order valence-corrected chi connectivity index (χ4v) is 6.15. The van der Waals surface area contributed by atoms with Gasteiger partial charge in [0.25, 0.3) is 11.1 Å². The number of para-hydroxylation sites is 1. The summed E-state index contributed by atoms with van der Waals surface area (Å²) in [5.74, 6) is -1.15. The molecule has 4 aromatic rings. The molecule has 0 N–H and O–H groups in total. The third-order valence-corrected chi connectivity index (χ3v) is 8.41. The van der Waals surface area contributed by atoms with E-state index in [2.05, 4.69) is 6.07 Å². The van der Waals surface area contributed by atoms with Crippen LogP contribution in [0, 0.1) is 5.82 Å². The zero-order valence-corrected chi connectivity index (χ0v) is 22.3. The van der Waals surface area contributed by atoms with Crippen molar-refractivity contribution >= 4 is 57.4 Å². The quantitative estimate of drug-likeness (QED) is 0.277. The van der Waals surface area contributed by atoms with Gasteiger partial charge >= 0.3 is 0 Å². The molecule has 2 aliphatic heterocycles. The van der Waals surface area contributed by atoms with E-state index in [1.807, 2.05) is 53.2 Å². The Hall–Kier alpha value is -3.88. The van der Waals surface area contributed by atoms with Gasteiger partial charge in [-0.15, -0.1) is 0 Å².